The molecule has 0 amide bonds. The first kappa shape index (κ1) is 10.7. The van der Waals surface area contributed by atoms with Crippen molar-refractivity contribution in [3.8, 4) is 0 Å². The molecule has 0 saturated carbocycles. The van der Waals surface area contributed by atoms with E-state index in [9.17, 15) is 8.42 Å². The summed E-state index contributed by atoms with van der Waals surface area (Å²) in [5, 5.41) is -0.174. The molecule has 1 unspecified atom stereocenters. The van der Waals surface area contributed by atoms with E-state index < -0.39 is 9.84 Å². The Balaban J connectivity index is 2.50. The zero-order valence-electron chi connectivity index (χ0n) is 7.83. The van der Waals surface area contributed by atoms with Crippen LogP contribution < -0.4 is 5.73 Å². The van der Waals surface area contributed by atoms with Gasteiger partial charge in [-0.1, -0.05) is 12.2 Å². The van der Waals surface area contributed by atoms with Gasteiger partial charge in [-0.05, 0) is 32.2 Å². The molecule has 0 aliphatic carbocycles. The maximum atomic E-state index is 11.4. The number of hydrogen-bond acceptors (Lipinski definition) is 3. The third kappa shape index (κ3) is 2.81. The zero-order chi connectivity index (χ0) is 9.90. The van der Waals surface area contributed by atoms with Crippen molar-refractivity contribution in [1.82, 2.24) is 0 Å². The van der Waals surface area contributed by atoms with Gasteiger partial charge in [0.25, 0.3) is 0 Å². The van der Waals surface area contributed by atoms with E-state index in [0.717, 1.165) is 24.8 Å². The average Bonchev–Trinajstić information content (AvgIpc) is 2.31. The topological polar surface area (TPSA) is 60.2 Å². The fourth-order valence-corrected chi connectivity index (χ4v) is 3.63. The van der Waals surface area contributed by atoms with Gasteiger partial charge in [0.2, 0.25) is 0 Å². The average molecular weight is 203 g/mol. The molecule has 1 fully saturated rings. The Bertz CT molecular complexity index is 282. The van der Waals surface area contributed by atoms with Crippen molar-refractivity contribution in [2.45, 2.75) is 30.9 Å². The Kier molecular flexibility index (Phi) is 3.50. The van der Waals surface area contributed by atoms with Crippen molar-refractivity contribution in [1.29, 1.82) is 0 Å². The molecule has 1 aliphatic rings. The standard InChI is InChI=1S/C9H17NO2S/c1-8(4-5-10)7-9-3-2-6-13(9,11)12/h9H,1-7,10H2. The second kappa shape index (κ2) is 4.24. The van der Waals surface area contributed by atoms with Gasteiger partial charge in [0, 0.05) is 0 Å². The molecule has 0 aromatic rings. The second-order valence-corrected chi connectivity index (χ2v) is 6.02. The lowest BCUT2D eigenvalue weighted by Crippen LogP contribution is -2.17. The van der Waals surface area contributed by atoms with Crippen LogP contribution >= 0.6 is 0 Å². The van der Waals surface area contributed by atoms with Crippen LogP contribution in [0.2, 0.25) is 0 Å². The minimum absolute atomic E-state index is 0.174. The molecule has 2 N–H and O–H groups in total. The predicted octanol–water partition coefficient (Wildman–Crippen LogP) is 0.859. The van der Waals surface area contributed by atoms with E-state index in [2.05, 4.69) is 6.58 Å². The Morgan fingerprint density at radius 3 is 2.69 bits per heavy atom. The monoisotopic (exact) mass is 203 g/mol. The first-order valence-electron chi connectivity index (χ1n) is 4.64. The van der Waals surface area contributed by atoms with Crippen LogP contribution in [0.3, 0.4) is 0 Å². The molecular formula is C9H17NO2S. The van der Waals surface area contributed by atoms with E-state index in [0.29, 0.717) is 18.7 Å². The van der Waals surface area contributed by atoms with Gasteiger partial charge in [0.05, 0.1) is 11.0 Å². The summed E-state index contributed by atoms with van der Waals surface area (Å²) in [6.45, 7) is 4.39. The summed E-state index contributed by atoms with van der Waals surface area (Å²) < 4.78 is 22.9. The Hall–Kier alpha value is -0.350. The van der Waals surface area contributed by atoms with Crippen molar-refractivity contribution < 1.29 is 8.42 Å². The van der Waals surface area contributed by atoms with Gasteiger partial charge in [-0.15, -0.1) is 0 Å². The van der Waals surface area contributed by atoms with Crippen LogP contribution in [-0.4, -0.2) is 26.0 Å². The third-order valence-electron chi connectivity index (χ3n) is 2.48. The summed E-state index contributed by atoms with van der Waals surface area (Å²) in [5.41, 5.74) is 6.33. The molecule has 0 bridgehead atoms. The van der Waals surface area contributed by atoms with Crippen LogP contribution in [-0.2, 0) is 9.84 Å². The Morgan fingerprint density at radius 2 is 2.23 bits per heavy atom. The molecule has 1 aliphatic heterocycles. The zero-order valence-corrected chi connectivity index (χ0v) is 8.65. The number of sulfone groups is 1. The number of nitrogens with two attached hydrogens (primary N) is 1. The number of hydrogen-bond donors (Lipinski definition) is 1. The van der Waals surface area contributed by atoms with E-state index in [1.807, 2.05) is 0 Å². The van der Waals surface area contributed by atoms with Crippen LogP contribution in [0.5, 0.6) is 0 Å². The molecule has 76 valence electrons. The van der Waals surface area contributed by atoms with Crippen LogP contribution in [0, 0.1) is 0 Å². The van der Waals surface area contributed by atoms with Crippen LogP contribution in [0.1, 0.15) is 25.7 Å². The van der Waals surface area contributed by atoms with Gasteiger partial charge in [0.15, 0.2) is 9.84 Å². The Labute approximate surface area is 79.9 Å². The first-order chi connectivity index (χ1) is 6.06. The second-order valence-electron chi connectivity index (χ2n) is 3.62. The van der Waals surface area contributed by atoms with Gasteiger partial charge in [-0.2, -0.15) is 0 Å². The molecular weight excluding hydrogens is 186 g/mol. The molecule has 0 spiro atoms. The van der Waals surface area contributed by atoms with E-state index in [-0.39, 0.29) is 5.25 Å². The largest absolute Gasteiger partial charge is 0.330 e. The fourth-order valence-electron chi connectivity index (χ4n) is 1.72. The smallest absolute Gasteiger partial charge is 0.153 e. The highest BCUT2D eigenvalue weighted by Gasteiger charge is 2.30. The summed E-state index contributed by atoms with van der Waals surface area (Å²) >= 11 is 0. The summed E-state index contributed by atoms with van der Waals surface area (Å²) in [7, 11) is -2.80. The quantitative estimate of drug-likeness (QED) is 0.689. The van der Waals surface area contributed by atoms with E-state index in [1.54, 1.807) is 0 Å². The van der Waals surface area contributed by atoms with Crippen molar-refractivity contribution >= 4 is 9.84 Å². The van der Waals surface area contributed by atoms with Crippen LogP contribution in [0.25, 0.3) is 0 Å². The molecule has 0 aromatic carbocycles. The van der Waals surface area contributed by atoms with E-state index in [1.165, 1.54) is 0 Å². The molecule has 4 heteroatoms. The van der Waals surface area contributed by atoms with Crippen molar-refractivity contribution in [2.24, 2.45) is 5.73 Å². The van der Waals surface area contributed by atoms with Crippen LogP contribution in [0.4, 0.5) is 0 Å². The molecule has 0 radical (unpaired) electrons. The summed E-state index contributed by atoms with van der Waals surface area (Å²) in [6.07, 6.45) is 2.96. The lowest BCUT2D eigenvalue weighted by Gasteiger charge is -2.10. The Morgan fingerprint density at radius 1 is 1.54 bits per heavy atom. The number of rotatable bonds is 4. The highest BCUT2D eigenvalue weighted by atomic mass is 32.2. The maximum absolute atomic E-state index is 11.4. The summed E-state index contributed by atoms with van der Waals surface area (Å²) in [6, 6.07) is 0. The van der Waals surface area contributed by atoms with E-state index >= 15 is 0 Å². The lowest BCUT2D eigenvalue weighted by molar-refractivity contribution is 0.587. The highest BCUT2D eigenvalue weighted by Crippen LogP contribution is 2.25. The van der Waals surface area contributed by atoms with Crippen LogP contribution in [0.15, 0.2) is 12.2 Å². The molecule has 1 saturated heterocycles. The van der Waals surface area contributed by atoms with Gasteiger partial charge in [0.1, 0.15) is 0 Å². The minimum atomic E-state index is -2.80. The van der Waals surface area contributed by atoms with Gasteiger partial charge < -0.3 is 5.73 Å². The third-order valence-corrected chi connectivity index (χ3v) is 4.75. The highest BCUT2D eigenvalue weighted by molar-refractivity contribution is 7.92. The summed E-state index contributed by atoms with van der Waals surface area (Å²) in [4.78, 5) is 0. The molecule has 1 rings (SSSR count). The normalized spacial score (nSPS) is 26.1. The molecule has 1 atom stereocenters. The van der Waals surface area contributed by atoms with Gasteiger partial charge in [-0.25, -0.2) is 8.42 Å². The molecule has 1 heterocycles. The summed E-state index contributed by atoms with van der Waals surface area (Å²) in [5.74, 6) is 0.355. The van der Waals surface area contributed by atoms with Crippen molar-refractivity contribution in [3.05, 3.63) is 12.2 Å². The van der Waals surface area contributed by atoms with Crippen molar-refractivity contribution in [2.75, 3.05) is 12.3 Å². The van der Waals surface area contributed by atoms with E-state index in [4.69, 9.17) is 5.73 Å². The van der Waals surface area contributed by atoms with Crippen molar-refractivity contribution in [3.63, 3.8) is 0 Å². The lowest BCUT2D eigenvalue weighted by atomic mass is 10.1. The fraction of sp³-hybridized carbons (Fsp3) is 0.778. The molecule has 13 heavy (non-hydrogen) atoms. The first-order valence-corrected chi connectivity index (χ1v) is 6.36. The minimum Gasteiger partial charge on any atom is -0.330 e. The SMILES string of the molecule is C=C(CCN)CC1CCCS1(=O)=O. The van der Waals surface area contributed by atoms with Gasteiger partial charge in [-0.3, -0.25) is 0 Å². The van der Waals surface area contributed by atoms with Gasteiger partial charge >= 0.3 is 0 Å². The maximum Gasteiger partial charge on any atom is 0.153 e. The molecule has 0 aromatic heterocycles. The molecule has 3 nitrogen and oxygen atoms in total. The predicted molar refractivity (Wildman–Crippen MR) is 54.2 cm³/mol.